The number of rotatable bonds is 6. The maximum atomic E-state index is 12.6. The number of carbonyl (C=O) groups excluding carboxylic acids is 2. The van der Waals surface area contributed by atoms with Crippen molar-refractivity contribution in [3.05, 3.63) is 23.8 Å². The van der Waals surface area contributed by atoms with Crippen LogP contribution in [-0.4, -0.2) is 67.0 Å². The van der Waals surface area contributed by atoms with Crippen LogP contribution in [-0.2, 0) is 4.79 Å². The zero-order chi connectivity index (χ0) is 19.2. The summed E-state index contributed by atoms with van der Waals surface area (Å²) in [6, 6.07) is 5.16. The molecule has 2 amide bonds. The van der Waals surface area contributed by atoms with Crippen LogP contribution >= 0.6 is 0 Å². The van der Waals surface area contributed by atoms with Crippen LogP contribution in [0.4, 0.5) is 0 Å². The first-order valence-corrected chi connectivity index (χ1v) is 9.80. The normalized spacial score (nSPS) is 19.9. The van der Waals surface area contributed by atoms with E-state index in [1.54, 1.807) is 23.1 Å². The van der Waals surface area contributed by atoms with E-state index < -0.39 is 0 Å². The third-order valence-electron chi connectivity index (χ3n) is 5.06. The molecular formula is C20H29N3O4. The molecule has 2 fully saturated rings. The van der Waals surface area contributed by atoms with E-state index in [-0.39, 0.29) is 24.5 Å². The summed E-state index contributed by atoms with van der Waals surface area (Å²) in [5.41, 5.74) is 6.44. The summed E-state index contributed by atoms with van der Waals surface area (Å²) in [7, 11) is 0. The van der Waals surface area contributed by atoms with Gasteiger partial charge in [-0.1, -0.05) is 0 Å². The number of hydrogen-bond donors (Lipinski definition) is 1. The highest BCUT2D eigenvalue weighted by Gasteiger charge is 2.25. The summed E-state index contributed by atoms with van der Waals surface area (Å²) >= 11 is 0. The minimum atomic E-state index is -0.0557. The summed E-state index contributed by atoms with van der Waals surface area (Å²) in [4.78, 5) is 28.6. The van der Waals surface area contributed by atoms with E-state index in [1.165, 1.54) is 6.42 Å². The molecule has 0 saturated carbocycles. The largest absolute Gasteiger partial charge is 0.490 e. The van der Waals surface area contributed by atoms with E-state index in [2.05, 4.69) is 0 Å². The van der Waals surface area contributed by atoms with E-state index in [4.69, 9.17) is 15.2 Å². The topological polar surface area (TPSA) is 85.1 Å². The van der Waals surface area contributed by atoms with E-state index >= 15 is 0 Å². The Morgan fingerprint density at radius 3 is 2.52 bits per heavy atom. The first-order chi connectivity index (χ1) is 13.1. The molecule has 1 aromatic rings. The maximum Gasteiger partial charge on any atom is 0.260 e. The Labute approximate surface area is 160 Å². The molecule has 148 valence electrons. The van der Waals surface area contributed by atoms with Crippen molar-refractivity contribution in [2.75, 3.05) is 39.4 Å². The Hall–Kier alpha value is -2.28. The van der Waals surface area contributed by atoms with Crippen molar-refractivity contribution >= 4 is 11.8 Å². The lowest BCUT2D eigenvalue weighted by Crippen LogP contribution is -2.38. The second-order valence-electron chi connectivity index (χ2n) is 7.12. The van der Waals surface area contributed by atoms with Crippen molar-refractivity contribution in [2.45, 2.75) is 38.6 Å². The molecule has 2 heterocycles. The second-order valence-corrected chi connectivity index (χ2v) is 7.12. The van der Waals surface area contributed by atoms with Crippen LogP contribution in [0.2, 0.25) is 0 Å². The molecule has 2 aliphatic rings. The summed E-state index contributed by atoms with van der Waals surface area (Å²) in [6.45, 7) is 5.14. The van der Waals surface area contributed by atoms with Gasteiger partial charge in [0.15, 0.2) is 18.1 Å². The third-order valence-corrected chi connectivity index (χ3v) is 5.06. The molecule has 0 unspecified atom stereocenters. The Kier molecular flexibility index (Phi) is 6.55. The van der Waals surface area contributed by atoms with Gasteiger partial charge in [0, 0.05) is 37.8 Å². The van der Waals surface area contributed by atoms with Crippen LogP contribution in [0.3, 0.4) is 0 Å². The Balaban J connectivity index is 1.66. The summed E-state index contributed by atoms with van der Waals surface area (Å²) in [5.74, 6) is 0.901. The van der Waals surface area contributed by atoms with E-state index in [1.807, 2.05) is 11.8 Å². The van der Waals surface area contributed by atoms with Gasteiger partial charge >= 0.3 is 0 Å². The zero-order valence-corrected chi connectivity index (χ0v) is 16.0. The second kappa shape index (κ2) is 9.08. The minimum absolute atomic E-state index is 0.0108. The summed E-state index contributed by atoms with van der Waals surface area (Å²) < 4.78 is 11.4. The Morgan fingerprint density at radius 2 is 1.85 bits per heavy atom. The zero-order valence-electron chi connectivity index (χ0n) is 16.0. The third kappa shape index (κ3) is 4.91. The van der Waals surface area contributed by atoms with Gasteiger partial charge in [0.1, 0.15) is 0 Å². The van der Waals surface area contributed by atoms with Gasteiger partial charge in [-0.3, -0.25) is 9.59 Å². The summed E-state index contributed by atoms with van der Waals surface area (Å²) in [6.07, 6.45) is 4.10. The van der Waals surface area contributed by atoms with Crippen LogP contribution in [0.1, 0.15) is 43.0 Å². The number of nitrogens with two attached hydrogens (primary N) is 1. The average Bonchev–Trinajstić information content (AvgIpc) is 3.13. The molecule has 7 heteroatoms. The monoisotopic (exact) mass is 375 g/mol. The molecule has 0 aliphatic carbocycles. The molecule has 2 saturated heterocycles. The first kappa shape index (κ1) is 19.5. The molecule has 1 aromatic carbocycles. The van der Waals surface area contributed by atoms with Crippen LogP contribution in [0.25, 0.3) is 0 Å². The quantitative estimate of drug-likeness (QED) is 0.817. The smallest absolute Gasteiger partial charge is 0.260 e. The van der Waals surface area contributed by atoms with Gasteiger partial charge in [0.2, 0.25) is 0 Å². The van der Waals surface area contributed by atoms with Crippen LogP contribution in [0.15, 0.2) is 18.2 Å². The van der Waals surface area contributed by atoms with E-state index in [0.717, 1.165) is 32.4 Å². The van der Waals surface area contributed by atoms with Gasteiger partial charge in [-0.05, 0) is 50.8 Å². The standard InChI is InChI=1S/C20H29N3O4/c1-2-26-18-12-15(20(25)23-11-8-16(21)13-23)6-7-17(18)27-14-19(24)22-9-4-3-5-10-22/h6-7,12,16H,2-5,8-11,13-14,21H2,1H3/t16-/m1/s1. The number of piperidine rings is 1. The van der Waals surface area contributed by atoms with Crippen molar-refractivity contribution in [2.24, 2.45) is 5.73 Å². The summed E-state index contributed by atoms with van der Waals surface area (Å²) in [5, 5.41) is 0. The lowest BCUT2D eigenvalue weighted by molar-refractivity contribution is -0.134. The Bertz CT molecular complexity index is 673. The molecule has 0 spiro atoms. The molecule has 0 radical (unpaired) electrons. The predicted molar refractivity (Wildman–Crippen MR) is 102 cm³/mol. The molecule has 1 atom stereocenters. The molecule has 7 nitrogen and oxygen atoms in total. The molecule has 0 bridgehead atoms. The fourth-order valence-electron chi connectivity index (χ4n) is 3.56. The molecule has 0 aromatic heterocycles. The lowest BCUT2D eigenvalue weighted by atomic mass is 10.1. The average molecular weight is 375 g/mol. The van der Waals surface area contributed by atoms with E-state index in [0.29, 0.717) is 36.8 Å². The number of ether oxygens (including phenoxy) is 2. The van der Waals surface area contributed by atoms with Crippen molar-refractivity contribution in [3.8, 4) is 11.5 Å². The lowest BCUT2D eigenvalue weighted by Gasteiger charge is -2.26. The van der Waals surface area contributed by atoms with Crippen LogP contribution in [0, 0.1) is 0 Å². The van der Waals surface area contributed by atoms with Gasteiger partial charge in [0.25, 0.3) is 11.8 Å². The van der Waals surface area contributed by atoms with Crippen molar-refractivity contribution in [1.82, 2.24) is 9.80 Å². The fraction of sp³-hybridized carbons (Fsp3) is 0.600. The first-order valence-electron chi connectivity index (χ1n) is 9.80. The molecule has 2 aliphatic heterocycles. The number of nitrogens with zero attached hydrogens (tertiary/aromatic N) is 2. The Morgan fingerprint density at radius 1 is 1.07 bits per heavy atom. The maximum absolute atomic E-state index is 12.6. The number of likely N-dealkylation sites (tertiary alicyclic amines) is 2. The molecular weight excluding hydrogens is 346 g/mol. The van der Waals surface area contributed by atoms with Crippen molar-refractivity contribution < 1.29 is 19.1 Å². The highest BCUT2D eigenvalue weighted by molar-refractivity contribution is 5.95. The minimum Gasteiger partial charge on any atom is -0.490 e. The van der Waals surface area contributed by atoms with Crippen molar-refractivity contribution in [1.29, 1.82) is 0 Å². The van der Waals surface area contributed by atoms with Crippen molar-refractivity contribution in [3.63, 3.8) is 0 Å². The van der Waals surface area contributed by atoms with Gasteiger partial charge in [-0.2, -0.15) is 0 Å². The van der Waals surface area contributed by atoms with Gasteiger partial charge in [-0.15, -0.1) is 0 Å². The predicted octanol–water partition coefficient (Wildman–Crippen LogP) is 1.65. The highest BCUT2D eigenvalue weighted by Crippen LogP contribution is 2.29. The number of benzene rings is 1. The fourth-order valence-corrected chi connectivity index (χ4v) is 3.56. The van der Waals surface area contributed by atoms with Gasteiger partial charge in [-0.25, -0.2) is 0 Å². The van der Waals surface area contributed by atoms with E-state index in [9.17, 15) is 9.59 Å². The number of hydrogen-bond acceptors (Lipinski definition) is 5. The van der Waals surface area contributed by atoms with Gasteiger partial charge < -0.3 is 25.0 Å². The van der Waals surface area contributed by atoms with Crippen LogP contribution in [0.5, 0.6) is 11.5 Å². The van der Waals surface area contributed by atoms with Gasteiger partial charge in [0.05, 0.1) is 6.61 Å². The molecule has 27 heavy (non-hydrogen) atoms. The highest BCUT2D eigenvalue weighted by atomic mass is 16.5. The number of amides is 2. The van der Waals surface area contributed by atoms with Crippen LogP contribution < -0.4 is 15.2 Å². The SMILES string of the molecule is CCOc1cc(C(=O)N2CC[C@@H](N)C2)ccc1OCC(=O)N1CCCCC1. The molecule has 2 N–H and O–H groups in total. The number of carbonyl (C=O) groups is 2. The molecule has 3 rings (SSSR count).